The number of benzene rings is 1. The van der Waals surface area contributed by atoms with Crippen LogP contribution in [0.3, 0.4) is 0 Å². The Morgan fingerprint density at radius 1 is 1.17 bits per heavy atom. The van der Waals surface area contributed by atoms with E-state index in [9.17, 15) is 14.0 Å². The predicted octanol–water partition coefficient (Wildman–Crippen LogP) is 2.10. The largest absolute Gasteiger partial charge is 0.464 e. The van der Waals surface area contributed by atoms with Crippen LogP contribution in [0.5, 0.6) is 0 Å². The molecule has 0 radical (unpaired) electrons. The number of nitrogens with zero attached hydrogens (tertiary/aromatic N) is 1. The Labute approximate surface area is 103 Å². The number of carbonyl (C=O) groups is 2. The topological polar surface area (TPSA) is 48.3 Å². The number of aromatic nitrogens is 1. The monoisotopic (exact) mass is 247 g/mol. The van der Waals surface area contributed by atoms with E-state index in [0.717, 1.165) is 4.57 Å². The van der Waals surface area contributed by atoms with Gasteiger partial charge in [0.15, 0.2) is 0 Å². The summed E-state index contributed by atoms with van der Waals surface area (Å²) in [7, 11) is 1.22. The fraction of sp³-hybridized carbons (Fsp3) is 0.0769. The van der Waals surface area contributed by atoms with Crippen LogP contribution >= 0.6 is 0 Å². The number of rotatable bonds is 2. The van der Waals surface area contributed by atoms with Gasteiger partial charge in [0.2, 0.25) is 0 Å². The highest BCUT2D eigenvalue weighted by Gasteiger charge is 2.19. The van der Waals surface area contributed by atoms with Crippen molar-refractivity contribution in [3.05, 3.63) is 59.7 Å². The van der Waals surface area contributed by atoms with Crippen LogP contribution in [0.15, 0.2) is 42.6 Å². The third-order valence-corrected chi connectivity index (χ3v) is 2.47. The number of esters is 1. The Morgan fingerprint density at radius 2 is 1.89 bits per heavy atom. The first-order valence-corrected chi connectivity index (χ1v) is 5.20. The first-order chi connectivity index (χ1) is 8.65. The average molecular weight is 247 g/mol. The number of ether oxygens (including phenoxy) is 1. The second-order valence-electron chi connectivity index (χ2n) is 3.54. The van der Waals surface area contributed by atoms with Gasteiger partial charge in [0, 0.05) is 6.20 Å². The van der Waals surface area contributed by atoms with E-state index in [2.05, 4.69) is 4.74 Å². The van der Waals surface area contributed by atoms with Crippen LogP contribution in [0.1, 0.15) is 20.8 Å². The molecule has 1 aromatic heterocycles. The van der Waals surface area contributed by atoms with Crippen LogP contribution in [-0.4, -0.2) is 23.6 Å². The summed E-state index contributed by atoms with van der Waals surface area (Å²) in [5.74, 6) is -1.89. The summed E-state index contributed by atoms with van der Waals surface area (Å²) in [5, 5.41) is 0. The second-order valence-corrected chi connectivity index (χ2v) is 3.54. The fourth-order valence-electron chi connectivity index (χ4n) is 1.59. The Balaban J connectivity index is 2.45. The van der Waals surface area contributed by atoms with E-state index in [-0.39, 0.29) is 11.3 Å². The lowest BCUT2D eigenvalue weighted by atomic mass is 10.2. The zero-order valence-electron chi connectivity index (χ0n) is 9.59. The molecule has 2 aromatic rings. The van der Waals surface area contributed by atoms with Gasteiger partial charge in [-0.3, -0.25) is 9.36 Å². The van der Waals surface area contributed by atoms with Crippen LogP contribution in [0, 0.1) is 5.82 Å². The molecular weight excluding hydrogens is 237 g/mol. The molecule has 18 heavy (non-hydrogen) atoms. The SMILES string of the molecule is COC(=O)c1cccn1C(=O)c1ccccc1F. The number of halogens is 1. The van der Waals surface area contributed by atoms with E-state index in [1.165, 1.54) is 43.6 Å². The quantitative estimate of drug-likeness (QED) is 0.763. The van der Waals surface area contributed by atoms with E-state index >= 15 is 0 Å². The minimum absolute atomic E-state index is 0.0609. The molecule has 0 amide bonds. The minimum atomic E-state index is -0.648. The molecule has 0 unspecified atom stereocenters. The molecule has 0 aliphatic carbocycles. The molecule has 0 fully saturated rings. The van der Waals surface area contributed by atoms with Crippen molar-refractivity contribution in [3.8, 4) is 0 Å². The van der Waals surface area contributed by atoms with Gasteiger partial charge in [-0.25, -0.2) is 9.18 Å². The Morgan fingerprint density at radius 3 is 2.56 bits per heavy atom. The Hall–Kier alpha value is -2.43. The van der Waals surface area contributed by atoms with Crippen molar-refractivity contribution < 1.29 is 18.7 Å². The van der Waals surface area contributed by atoms with Crippen LogP contribution in [-0.2, 0) is 4.74 Å². The summed E-state index contributed by atoms with van der Waals surface area (Å²) in [6, 6.07) is 8.55. The third kappa shape index (κ3) is 2.02. The summed E-state index contributed by atoms with van der Waals surface area (Å²) in [6.45, 7) is 0. The van der Waals surface area contributed by atoms with E-state index in [1.807, 2.05) is 0 Å². The van der Waals surface area contributed by atoms with Crippen LogP contribution < -0.4 is 0 Å². The van der Waals surface area contributed by atoms with Crippen molar-refractivity contribution in [1.29, 1.82) is 0 Å². The van der Waals surface area contributed by atoms with Gasteiger partial charge < -0.3 is 4.74 Å². The zero-order chi connectivity index (χ0) is 13.1. The smallest absolute Gasteiger partial charge is 0.355 e. The molecule has 1 heterocycles. The van der Waals surface area contributed by atoms with Crippen LogP contribution in [0.25, 0.3) is 0 Å². The maximum absolute atomic E-state index is 13.5. The van der Waals surface area contributed by atoms with Crippen molar-refractivity contribution in [3.63, 3.8) is 0 Å². The first kappa shape index (κ1) is 12.0. The molecule has 92 valence electrons. The normalized spacial score (nSPS) is 10.1. The van der Waals surface area contributed by atoms with Crippen molar-refractivity contribution >= 4 is 11.9 Å². The highest BCUT2D eigenvalue weighted by Crippen LogP contribution is 2.12. The summed E-state index contributed by atoms with van der Waals surface area (Å²) in [6.07, 6.45) is 1.39. The molecule has 0 saturated heterocycles. The predicted molar refractivity (Wildman–Crippen MR) is 61.9 cm³/mol. The maximum Gasteiger partial charge on any atom is 0.355 e. The van der Waals surface area contributed by atoms with Gasteiger partial charge >= 0.3 is 5.97 Å². The van der Waals surface area contributed by atoms with Gasteiger partial charge in [-0.2, -0.15) is 0 Å². The molecule has 4 nitrogen and oxygen atoms in total. The van der Waals surface area contributed by atoms with Gasteiger partial charge in [-0.1, -0.05) is 12.1 Å². The number of carbonyl (C=O) groups excluding carboxylic acids is 2. The molecular formula is C13H10FNO3. The van der Waals surface area contributed by atoms with E-state index in [4.69, 9.17) is 0 Å². The molecule has 2 rings (SSSR count). The van der Waals surface area contributed by atoms with Gasteiger partial charge in [0.25, 0.3) is 5.91 Å². The maximum atomic E-state index is 13.5. The van der Waals surface area contributed by atoms with E-state index in [1.54, 1.807) is 6.07 Å². The van der Waals surface area contributed by atoms with Crippen molar-refractivity contribution in [1.82, 2.24) is 4.57 Å². The molecule has 0 saturated carbocycles. The van der Waals surface area contributed by atoms with Crippen molar-refractivity contribution in [2.75, 3.05) is 7.11 Å². The zero-order valence-corrected chi connectivity index (χ0v) is 9.59. The van der Waals surface area contributed by atoms with Gasteiger partial charge in [-0.05, 0) is 24.3 Å². The number of methoxy groups -OCH3 is 1. The lowest BCUT2D eigenvalue weighted by Gasteiger charge is -2.07. The van der Waals surface area contributed by atoms with Crippen LogP contribution in [0.2, 0.25) is 0 Å². The number of hydrogen-bond donors (Lipinski definition) is 0. The molecule has 0 aliphatic heterocycles. The molecule has 5 heteroatoms. The highest BCUT2D eigenvalue weighted by molar-refractivity contribution is 6.01. The summed E-state index contributed by atoms with van der Waals surface area (Å²) >= 11 is 0. The van der Waals surface area contributed by atoms with Gasteiger partial charge in [0.05, 0.1) is 12.7 Å². The lowest BCUT2D eigenvalue weighted by molar-refractivity contribution is 0.0583. The highest BCUT2D eigenvalue weighted by atomic mass is 19.1. The molecule has 0 N–H and O–H groups in total. The number of hydrogen-bond acceptors (Lipinski definition) is 3. The first-order valence-electron chi connectivity index (χ1n) is 5.20. The standard InChI is InChI=1S/C13H10FNO3/c1-18-13(17)11-7-4-8-15(11)12(16)9-5-2-3-6-10(9)14/h2-8H,1H3. The third-order valence-electron chi connectivity index (χ3n) is 2.47. The summed E-state index contributed by atoms with van der Waals surface area (Å²) in [4.78, 5) is 23.5. The Bertz CT molecular complexity index is 604. The molecule has 0 spiro atoms. The lowest BCUT2D eigenvalue weighted by Crippen LogP contribution is -2.18. The minimum Gasteiger partial charge on any atom is -0.464 e. The molecule has 0 bridgehead atoms. The molecule has 1 aromatic carbocycles. The van der Waals surface area contributed by atoms with Crippen molar-refractivity contribution in [2.24, 2.45) is 0 Å². The van der Waals surface area contributed by atoms with E-state index in [0.29, 0.717) is 0 Å². The second kappa shape index (κ2) is 4.83. The molecule has 0 atom stereocenters. The van der Waals surface area contributed by atoms with Crippen LogP contribution in [0.4, 0.5) is 4.39 Å². The van der Waals surface area contributed by atoms with E-state index < -0.39 is 17.7 Å². The van der Waals surface area contributed by atoms with Gasteiger partial charge in [0.1, 0.15) is 11.5 Å². The molecule has 0 aliphatic rings. The summed E-state index contributed by atoms with van der Waals surface area (Å²) < 4.78 is 19.1. The van der Waals surface area contributed by atoms with Crippen molar-refractivity contribution in [2.45, 2.75) is 0 Å². The Kier molecular flexibility index (Phi) is 3.23. The summed E-state index contributed by atoms with van der Waals surface area (Å²) in [5.41, 5.74) is -0.0374. The van der Waals surface area contributed by atoms with Gasteiger partial charge in [-0.15, -0.1) is 0 Å². The average Bonchev–Trinajstić information content (AvgIpc) is 2.86. The fourth-order valence-corrected chi connectivity index (χ4v) is 1.59.